The van der Waals surface area contributed by atoms with Crippen LogP contribution in [0.1, 0.15) is 77.6 Å². The Balaban J connectivity index is 1.94. The third-order valence-electron chi connectivity index (χ3n) is 6.98. The molecule has 0 saturated heterocycles. The lowest BCUT2D eigenvalue weighted by atomic mass is 9.67. The summed E-state index contributed by atoms with van der Waals surface area (Å²) in [7, 11) is 0. The highest BCUT2D eigenvalue weighted by Gasteiger charge is 2.82. The second-order valence-corrected chi connectivity index (χ2v) is 8.80. The highest BCUT2D eigenvalue weighted by Crippen LogP contribution is 2.57. The fourth-order valence-corrected chi connectivity index (χ4v) is 5.04. The molecule has 2 rings (SSSR count). The predicted octanol–water partition coefficient (Wildman–Crippen LogP) is 8.26. The molecule has 2 fully saturated rings. The molecular formula is C20H29F9. The molecule has 29 heavy (non-hydrogen) atoms. The fourth-order valence-electron chi connectivity index (χ4n) is 5.04. The molecule has 0 atom stereocenters. The summed E-state index contributed by atoms with van der Waals surface area (Å²) < 4.78 is 119. The van der Waals surface area contributed by atoms with Crippen molar-refractivity contribution >= 4 is 0 Å². The highest BCUT2D eigenvalue weighted by molar-refractivity contribution is 5.03. The molecule has 9 heteroatoms. The molecule has 0 aromatic rings. The predicted molar refractivity (Wildman–Crippen MR) is 91.3 cm³/mol. The van der Waals surface area contributed by atoms with Gasteiger partial charge in [0.2, 0.25) is 0 Å². The third kappa shape index (κ3) is 4.83. The van der Waals surface area contributed by atoms with Gasteiger partial charge in [-0.25, -0.2) is 0 Å². The Morgan fingerprint density at radius 3 is 1.48 bits per heavy atom. The molecule has 0 aliphatic heterocycles. The van der Waals surface area contributed by atoms with Gasteiger partial charge in [0, 0.05) is 5.92 Å². The summed E-state index contributed by atoms with van der Waals surface area (Å²) in [6.07, 6.45) is 0.0448. The molecule has 172 valence electrons. The Labute approximate surface area is 165 Å². The van der Waals surface area contributed by atoms with E-state index in [2.05, 4.69) is 6.92 Å². The molecule has 0 aromatic heterocycles. The lowest BCUT2D eigenvalue weighted by molar-refractivity contribution is -0.404. The van der Waals surface area contributed by atoms with E-state index in [4.69, 9.17) is 0 Å². The second kappa shape index (κ2) is 8.85. The van der Waals surface area contributed by atoms with Crippen molar-refractivity contribution in [3.05, 3.63) is 0 Å². The summed E-state index contributed by atoms with van der Waals surface area (Å²) in [6.45, 7) is 2.12. The molecule has 2 aliphatic carbocycles. The maximum absolute atomic E-state index is 14.1. The molecule has 0 N–H and O–H groups in total. The first-order valence-electron chi connectivity index (χ1n) is 10.5. The summed E-state index contributed by atoms with van der Waals surface area (Å²) in [5, 5.41) is 0. The fraction of sp³-hybridized carbons (Fsp3) is 1.00. The zero-order valence-corrected chi connectivity index (χ0v) is 16.5. The zero-order chi connectivity index (χ0) is 22.1. The van der Waals surface area contributed by atoms with Gasteiger partial charge in [-0.3, -0.25) is 0 Å². The monoisotopic (exact) mass is 440 g/mol. The maximum atomic E-state index is 14.1. The van der Waals surface area contributed by atoms with E-state index in [0.29, 0.717) is 11.8 Å². The SMILES string of the molecule is CCCCC1CCC(C2CCC(C(F)(F)C(F)(F)C(F)(F)C(F)(F)F)CC2)CC1. The average molecular weight is 440 g/mol. The summed E-state index contributed by atoms with van der Waals surface area (Å²) in [5.41, 5.74) is 0. The summed E-state index contributed by atoms with van der Waals surface area (Å²) in [4.78, 5) is 0. The van der Waals surface area contributed by atoms with E-state index in [1.54, 1.807) is 0 Å². The third-order valence-corrected chi connectivity index (χ3v) is 6.98. The topological polar surface area (TPSA) is 0 Å². The Morgan fingerprint density at radius 1 is 0.621 bits per heavy atom. The first-order chi connectivity index (χ1) is 13.3. The van der Waals surface area contributed by atoms with Crippen molar-refractivity contribution in [3.63, 3.8) is 0 Å². The Kier molecular flexibility index (Phi) is 7.52. The van der Waals surface area contributed by atoms with Gasteiger partial charge in [0.15, 0.2) is 0 Å². The van der Waals surface area contributed by atoms with Crippen molar-refractivity contribution in [1.29, 1.82) is 0 Å². The number of rotatable bonds is 7. The van der Waals surface area contributed by atoms with Crippen LogP contribution in [0.2, 0.25) is 0 Å². The van der Waals surface area contributed by atoms with E-state index in [9.17, 15) is 39.5 Å². The van der Waals surface area contributed by atoms with Crippen LogP contribution >= 0.6 is 0 Å². The molecule has 0 aromatic carbocycles. The second-order valence-electron chi connectivity index (χ2n) is 8.80. The van der Waals surface area contributed by atoms with Crippen LogP contribution in [-0.4, -0.2) is 23.9 Å². The van der Waals surface area contributed by atoms with Gasteiger partial charge in [-0.15, -0.1) is 0 Å². The van der Waals surface area contributed by atoms with Crippen molar-refractivity contribution in [3.8, 4) is 0 Å². The van der Waals surface area contributed by atoms with E-state index in [1.165, 1.54) is 0 Å². The normalized spacial score (nSPS) is 30.4. The lowest BCUT2D eigenvalue weighted by Gasteiger charge is -2.42. The van der Waals surface area contributed by atoms with Gasteiger partial charge in [0.05, 0.1) is 0 Å². The summed E-state index contributed by atoms with van der Waals surface area (Å²) >= 11 is 0. The zero-order valence-electron chi connectivity index (χ0n) is 16.5. The number of alkyl halides is 9. The van der Waals surface area contributed by atoms with Crippen molar-refractivity contribution in [2.75, 3.05) is 0 Å². The molecule has 0 heterocycles. The van der Waals surface area contributed by atoms with Crippen molar-refractivity contribution in [2.24, 2.45) is 23.7 Å². The van der Waals surface area contributed by atoms with Gasteiger partial charge in [-0.1, -0.05) is 39.0 Å². The van der Waals surface area contributed by atoms with Crippen LogP contribution in [0, 0.1) is 23.7 Å². The van der Waals surface area contributed by atoms with Gasteiger partial charge < -0.3 is 0 Å². The van der Waals surface area contributed by atoms with Crippen LogP contribution in [0.3, 0.4) is 0 Å². The molecule has 2 saturated carbocycles. The van der Waals surface area contributed by atoms with E-state index < -0.39 is 42.7 Å². The Hall–Kier alpha value is -0.630. The number of hydrogen-bond acceptors (Lipinski definition) is 0. The van der Waals surface area contributed by atoms with Crippen LogP contribution in [0.15, 0.2) is 0 Å². The van der Waals surface area contributed by atoms with Crippen LogP contribution in [0.5, 0.6) is 0 Å². The highest BCUT2D eigenvalue weighted by atomic mass is 19.4. The van der Waals surface area contributed by atoms with Crippen LogP contribution in [0.4, 0.5) is 39.5 Å². The van der Waals surface area contributed by atoms with Gasteiger partial charge >= 0.3 is 23.9 Å². The van der Waals surface area contributed by atoms with E-state index in [-0.39, 0.29) is 18.8 Å². The minimum atomic E-state index is -6.78. The van der Waals surface area contributed by atoms with Gasteiger partial charge in [-0.05, 0) is 56.3 Å². The van der Waals surface area contributed by atoms with E-state index in [0.717, 1.165) is 44.9 Å². The molecule has 0 nitrogen and oxygen atoms in total. The van der Waals surface area contributed by atoms with Crippen LogP contribution < -0.4 is 0 Å². The largest absolute Gasteiger partial charge is 0.460 e. The molecule has 0 bridgehead atoms. The first kappa shape index (κ1) is 24.6. The Morgan fingerprint density at radius 2 is 1.07 bits per heavy atom. The van der Waals surface area contributed by atoms with Gasteiger partial charge in [0.1, 0.15) is 0 Å². The standard InChI is InChI=1S/C20H29F9/c1-2-3-4-13-5-7-14(8-6-13)15-9-11-16(12-10-15)17(21,22)18(23,24)19(25,26)20(27,28)29/h13-16H,2-12H2,1H3. The van der Waals surface area contributed by atoms with E-state index in [1.807, 2.05) is 0 Å². The summed E-state index contributed by atoms with van der Waals surface area (Å²) in [6, 6.07) is 0. The first-order valence-corrected chi connectivity index (χ1v) is 10.5. The quantitative estimate of drug-likeness (QED) is 0.350. The molecule has 0 radical (unpaired) electrons. The number of halogens is 9. The number of unbranched alkanes of at least 4 members (excludes halogenated alkanes) is 1. The minimum Gasteiger partial charge on any atom is -0.199 e. The molecule has 2 aliphatic rings. The van der Waals surface area contributed by atoms with Crippen LogP contribution in [-0.2, 0) is 0 Å². The van der Waals surface area contributed by atoms with Crippen molar-refractivity contribution in [1.82, 2.24) is 0 Å². The van der Waals surface area contributed by atoms with E-state index >= 15 is 0 Å². The maximum Gasteiger partial charge on any atom is 0.460 e. The molecule has 0 unspecified atom stereocenters. The molecular weight excluding hydrogens is 411 g/mol. The smallest absolute Gasteiger partial charge is 0.199 e. The summed E-state index contributed by atoms with van der Waals surface area (Å²) in [5.74, 6) is -19.9. The van der Waals surface area contributed by atoms with Gasteiger partial charge in [-0.2, -0.15) is 39.5 Å². The lowest BCUT2D eigenvalue weighted by Crippen LogP contribution is -2.63. The average Bonchev–Trinajstić information content (AvgIpc) is 2.65. The molecule has 0 spiro atoms. The Bertz CT molecular complexity index is 511. The van der Waals surface area contributed by atoms with Crippen molar-refractivity contribution < 1.29 is 39.5 Å². The number of hydrogen-bond donors (Lipinski definition) is 0. The minimum absolute atomic E-state index is 0.0472. The van der Waals surface area contributed by atoms with Gasteiger partial charge in [0.25, 0.3) is 0 Å². The van der Waals surface area contributed by atoms with Crippen molar-refractivity contribution in [2.45, 2.75) is 101 Å². The molecule has 0 amide bonds. The van der Waals surface area contributed by atoms with Crippen LogP contribution in [0.25, 0.3) is 0 Å².